The molecule has 192 valence electrons. The summed E-state index contributed by atoms with van der Waals surface area (Å²) in [5.74, 6) is 0. The van der Waals surface area contributed by atoms with E-state index in [1.165, 1.54) is 14.8 Å². The largest absolute Gasteiger partial charge is 0.378 e. The van der Waals surface area contributed by atoms with Gasteiger partial charge in [0.2, 0.25) is 0 Å². The normalized spacial score (nSPS) is 16.2. The maximum absolute atomic E-state index is 13.5. The van der Waals surface area contributed by atoms with Crippen molar-refractivity contribution in [2.24, 2.45) is 0 Å². The van der Waals surface area contributed by atoms with Crippen LogP contribution < -0.4 is 5.69 Å². The molecule has 0 amide bonds. The van der Waals surface area contributed by atoms with Crippen molar-refractivity contribution < 1.29 is 4.74 Å². The molecule has 1 fully saturated rings. The summed E-state index contributed by atoms with van der Waals surface area (Å²) >= 11 is 12.3. The number of morpholine rings is 1. The van der Waals surface area contributed by atoms with E-state index in [4.69, 9.17) is 33.0 Å². The summed E-state index contributed by atoms with van der Waals surface area (Å²) in [6.45, 7) is 3.16. The van der Waals surface area contributed by atoms with Crippen molar-refractivity contribution in [3.63, 3.8) is 0 Å². The minimum atomic E-state index is -0.289. The van der Waals surface area contributed by atoms with Crippen molar-refractivity contribution in [1.82, 2.24) is 24.3 Å². The summed E-state index contributed by atoms with van der Waals surface area (Å²) in [6.07, 6.45) is 1.71. The molecule has 1 aliphatic rings. The lowest BCUT2D eigenvalue weighted by molar-refractivity contribution is -0.0191. The average Bonchev–Trinajstić information content (AvgIpc) is 3.26. The first-order valence-corrected chi connectivity index (χ1v) is 13.2. The van der Waals surface area contributed by atoms with Crippen LogP contribution in [0.2, 0.25) is 10.0 Å². The highest BCUT2D eigenvalue weighted by Crippen LogP contribution is 2.35. The molecule has 1 aliphatic heterocycles. The summed E-state index contributed by atoms with van der Waals surface area (Å²) in [4.78, 5) is 15.8. The summed E-state index contributed by atoms with van der Waals surface area (Å²) < 4.78 is 8.67. The quantitative estimate of drug-likeness (QED) is 0.284. The molecular weight excluding hydrogens is 521 g/mol. The fourth-order valence-corrected chi connectivity index (χ4v) is 5.16. The van der Waals surface area contributed by atoms with Crippen LogP contribution in [0.15, 0.2) is 89.9 Å². The lowest BCUT2D eigenvalue weighted by Gasteiger charge is -2.35. The second-order valence-electron chi connectivity index (χ2n) is 9.33. The Balaban J connectivity index is 1.42. The van der Waals surface area contributed by atoms with Crippen molar-refractivity contribution >= 4 is 28.8 Å². The van der Waals surface area contributed by atoms with Crippen LogP contribution in [-0.2, 0) is 17.8 Å². The summed E-state index contributed by atoms with van der Waals surface area (Å²) in [5, 5.41) is 10.6. The van der Waals surface area contributed by atoms with Crippen molar-refractivity contribution in [2.75, 3.05) is 19.8 Å². The second kappa shape index (κ2) is 10.7. The zero-order valence-corrected chi connectivity index (χ0v) is 22.0. The molecular formula is C29H25Cl2N5O2. The standard InChI is InChI=1S/C29H25Cl2N5O2/c30-23-10-6-21(7-11-23)26-16-32-36-28(27(26)22-8-12-24(31)13-9-22)33-35(29(36)37)18-25-19-38-15-14-34(25)17-20-4-2-1-3-5-20/h1-13,16,25H,14-15,17-19H2. The van der Waals surface area contributed by atoms with E-state index in [0.29, 0.717) is 35.5 Å². The Labute approximate surface area is 229 Å². The highest BCUT2D eigenvalue weighted by Gasteiger charge is 2.26. The van der Waals surface area contributed by atoms with Gasteiger partial charge in [-0.3, -0.25) is 4.90 Å². The van der Waals surface area contributed by atoms with E-state index in [-0.39, 0.29) is 11.7 Å². The Morgan fingerprint density at radius 3 is 2.29 bits per heavy atom. The third-order valence-electron chi connectivity index (χ3n) is 6.86. The molecule has 1 atom stereocenters. The number of rotatable bonds is 6. The average molecular weight is 546 g/mol. The Bertz CT molecular complexity index is 1620. The number of aromatic nitrogens is 4. The molecule has 0 spiro atoms. The van der Waals surface area contributed by atoms with Gasteiger partial charge in [-0.05, 0) is 41.0 Å². The van der Waals surface area contributed by atoms with E-state index >= 15 is 0 Å². The van der Waals surface area contributed by atoms with Crippen molar-refractivity contribution in [3.05, 3.63) is 111 Å². The molecule has 38 heavy (non-hydrogen) atoms. The minimum absolute atomic E-state index is 0.00119. The summed E-state index contributed by atoms with van der Waals surface area (Å²) in [6, 6.07) is 25.4. The van der Waals surface area contributed by atoms with Crippen LogP contribution in [0.25, 0.3) is 27.9 Å². The van der Waals surface area contributed by atoms with Gasteiger partial charge in [0.25, 0.3) is 0 Å². The number of fused-ring (bicyclic) bond motifs is 1. The Morgan fingerprint density at radius 2 is 1.58 bits per heavy atom. The zero-order chi connectivity index (χ0) is 26.1. The van der Waals surface area contributed by atoms with Gasteiger partial charge in [-0.15, -0.1) is 5.10 Å². The van der Waals surface area contributed by atoms with Crippen molar-refractivity contribution in [1.29, 1.82) is 0 Å². The molecule has 5 aromatic rings. The Morgan fingerprint density at radius 1 is 0.895 bits per heavy atom. The predicted octanol–water partition coefficient (Wildman–Crippen LogP) is 5.43. The first kappa shape index (κ1) is 24.8. The zero-order valence-electron chi connectivity index (χ0n) is 20.5. The Hall–Kier alpha value is -3.49. The molecule has 2 aromatic heterocycles. The fourth-order valence-electron chi connectivity index (χ4n) is 4.91. The molecule has 3 aromatic carbocycles. The number of halogens is 2. The topological polar surface area (TPSA) is 64.7 Å². The van der Waals surface area contributed by atoms with Gasteiger partial charge in [0.05, 0.1) is 32.0 Å². The molecule has 6 rings (SSSR count). The highest BCUT2D eigenvalue weighted by atomic mass is 35.5. The maximum Gasteiger partial charge on any atom is 0.367 e. The van der Waals surface area contributed by atoms with Crippen LogP contribution in [0.1, 0.15) is 5.56 Å². The molecule has 3 heterocycles. The molecule has 0 saturated carbocycles. The summed E-state index contributed by atoms with van der Waals surface area (Å²) in [7, 11) is 0. The van der Waals surface area contributed by atoms with Gasteiger partial charge in [-0.25, -0.2) is 9.48 Å². The first-order valence-electron chi connectivity index (χ1n) is 12.4. The van der Waals surface area contributed by atoms with E-state index in [9.17, 15) is 4.79 Å². The minimum Gasteiger partial charge on any atom is -0.378 e. The molecule has 0 bridgehead atoms. The maximum atomic E-state index is 13.5. The van der Waals surface area contributed by atoms with E-state index < -0.39 is 0 Å². The molecule has 0 aliphatic carbocycles. The second-order valence-corrected chi connectivity index (χ2v) is 10.2. The van der Waals surface area contributed by atoms with E-state index in [0.717, 1.165) is 35.3 Å². The van der Waals surface area contributed by atoms with Crippen LogP contribution in [0, 0.1) is 0 Å². The lowest BCUT2D eigenvalue weighted by atomic mass is 9.97. The van der Waals surface area contributed by atoms with Crippen molar-refractivity contribution in [2.45, 2.75) is 19.1 Å². The van der Waals surface area contributed by atoms with Gasteiger partial charge in [0.15, 0.2) is 5.65 Å². The monoisotopic (exact) mass is 545 g/mol. The molecule has 9 heteroatoms. The molecule has 7 nitrogen and oxygen atoms in total. The fraction of sp³-hybridized carbons (Fsp3) is 0.207. The molecule has 0 N–H and O–H groups in total. The molecule has 1 unspecified atom stereocenters. The van der Waals surface area contributed by atoms with Gasteiger partial charge in [-0.1, -0.05) is 77.8 Å². The van der Waals surface area contributed by atoms with Gasteiger partial charge < -0.3 is 4.74 Å². The summed E-state index contributed by atoms with van der Waals surface area (Å²) in [5.41, 5.74) is 4.87. The van der Waals surface area contributed by atoms with Crippen LogP contribution in [0.4, 0.5) is 0 Å². The number of ether oxygens (including phenoxy) is 1. The third-order valence-corrected chi connectivity index (χ3v) is 7.37. The Kier molecular flexibility index (Phi) is 7.00. The van der Waals surface area contributed by atoms with E-state index in [1.54, 1.807) is 6.20 Å². The highest BCUT2D eigenvalue weighted by molar-refractivity contribution is 6.31. The van der Waals surface area contributed by atoms with Crippen LogP contribution >= 0.6 is 23.2 Å². The number of benzene rings is 3. The van der Waals surface area contributed by atoms with E-state index in [1.807, 2.05) is 66.7 Å². The van der Waals surface area contributed by atoms with Gasteiger partial charge in [0, 0.05) is 34.3 Å². The number of hydrogen-bond donors (Lipinski definition) is 0. The molecule has 1 saturated heterocycles. The van der Waals surface area contributed by atoms with Crippen LogP contribution in [0.3, 0.4) is 0 Å². The SMILES string of the molecule is O=c1n(CC2COCCN2Cc2ccccc2)nc2c(-c3ccc(Cl)cc3)c(-c3ccc(Cl)cc3)cnn12. The van der Waals surface area contributed by atoms with Crippen molar-refractivity contribution in [3.8, 4) is 22.3 Å². The first-order chi connectivity index (χ1) is 18.6. The smallest absolute Gasteiger partial charge is 0.367 e. The van der Waals surface area contributed by atoms with Crippen LogP contribution in [0.5, 0.6) is 0 Å². The molecule has 0 radical (unpaired) electrons. The van der Waals surface area contributed by atoms with E-state index in [2.05, 4.69) is 22.1 Å². The lowest BCUT2D eigenvalue weighted by Crippen LogP contribution is -2.48. The van der Waals surface area contributed by atoms with Gasteiger partial charge in [0.1, 0.15) is 0 Å². The van der Waals surface area contributed by atoms with Crippen LogP contribution in [-0.4, -0.2) is 50.1 Å². The van der Waals surface area contributed by atoms with Gasteiger partial charge in [-0.2, -0.15) is 9.61 Å². The predicted molar refractivity (Wildman–Crippen MR) is 150 cm³/mol. The number of nitrogens with zero attached hydrogens (tertiary/aromatic N) is 5. The third kappa shape index (κ3) is 4.98. The number of hydrogen-bond acceptors (Lipinski definition) is 5. The van der Waals surface area contributed by atoms with Gasteiger partial charge >= 0.3 is 5.69 Å².